The molecule has 98 valence electrons. The minimum atomic E-state index is 0.0498. The summed E-state index contributed by atoms with van der Waals surface area (Å²) in [5.74, 6) is 0.694. The highest BCUT2D eigenvalue weighted by molar-refractivity contribution is 5.99. The van der Waals surface area contributed by atoms with Crippen molar-refractivity contribution in [3.8, 4) is 5.75 Å². The number of ether oxygens (including phenoxy) is 1. The van der Waals surface area contributed by atoms with Gasteiger partial charge in [0, 0.05) is 12.1 Å². The smallest absolute Gasteiger partial charge is 0.170 e. The van der Waals surface area contributed by atoms with Crippen molar-refractivity contribution >= 4 is 11.5 Å². The summed E-state index contributed by atoms with van der Waals surface area (Å²) in [7, 11) is 0. The van der Waals surface area contributed by atoms with Crippen LogP contribution in [0.4, 0.5) is 5.69 Å². The SMILES string of the molecule is CCOc1ccccc1C(=O)Cc1ccc(N)cc1. The minimum Gasteiger partial charge on any atom is -0.493 e. The average molecular weight is 255 g/mol. The summed E-state index contributed by atoms with van der Waals surface area (Å²) in [5, 5.41) is 0. The first kappa shape index (κ1) is 13.1. The Labute approximate surface area is 113 Å². The van der Waals surface area contributed by atoms with Crippen LogP contribution >= 0.6 is 0 Å². The van der Waals surface area contributed by atoms with Crippen LogP contribution in [0.25, 0.3) is 0 Å². The zero-order valence-corrected chi connectivity index (χ0v) is 10.9. The molecule has 2 aromatic carbocycles. The zero-order valence-electron chi connectivity index (χ0n) is 10.9. The maximum absolute atomic E-state index is 12.3. The number of anilines is 1. The molecular weight excluding hydrogens is 238 g/mol. The highest BCUT2D eigenvalue weighted by atomic mass is 16.5. The Morgan fingerprint density at radius 3 is 2.47 bits per heavy atom. The molecule has 0 saturated heterocycles. The fourth-order valence-corrected chi connectivity index (χ4v) is 1.89. The minimum absolute atomic E-state index is 0.0498. The molecule has 0 aromatic heterocycles. The number of hydrogen-bond donors (Lipinski definition) is 1. The van der Waals surface area contributed by atoms with Gasteiger partial charge >= 0.3 is 0 Å². The maximum Gasteiger partial charge on any atom is 0.170 e. The van der Waals surface area contributed by atoms with Gasteiger partial charge in [-0.15, -0.1) is 0 Å². The number of nitrogens with two attached hydrogens (primary N) is 1. The number of benzene rings is 2. The van der Waals surface area contributed by atoms with Gasteiger partial charge in [0.2, 0.25) is 0 Å². The molecule has 2 aromatic rings. The Kier molecular flexibility index (Phi) is 4.18. The predicted molar refractivity (Wildman–Crippen MR) is 76.5 cm³/mol. The Morgan fingerprint density at radius 1 is 1.11 bits per heavy atom. The summed E-state index contributed by atoms with van der Waals surface area (Å²) in [6.45, 7) is 2.45. The molecule has 19 heavy (non-hydrogen) atoms. The highest BCUT2D eigenvalue weighted by Gasteiger charge is 2.12. The number of ketones is 1. The Bertz CT molecular complexity index is 561. The molecule has 2 rings (SSSR count). The molecular formula is C16H17NO2. The van der Waals surface area contributed by atoms with Crippen LogP contribution in [0.5, 0.6) is 5.75 Å². The predicted octanol–water partition coefficient (Wildman–Crippen LogP) is 3.09. The summed E-state index contributed by atoms with van der Waals surface area (Å²) in [5.41, 5.74) is 7.90. The third kappa shape index (κ3) is 3.35. The van der Waals surface area contributed by atoms with E-state index in [0.29, 0.717) is 30.0 Å². The van der Waals surface area contributed by atoms with Gasteiger partial charge in [-0.3, -0.25) is 4.79 Å². The molecule has 0 atom stereocenters. The fourth-order valence-electron chi connectivity index (χ4n) is 1.89. The molecule has 0 bridgehead atoms. The monoisotopic (exact) mass is 255 g/mol. The summed E-state index contributed by atoms with van der Waals surface area (Å²) >= 11 is 0. The van der Waals surface area contributed by atoms with Crippen molar-refractivity contribution in [3.05, 3.63) is 59.7 Å². The number of carbonyl (C=O) groups is 1. The van der Waals surface area contributed by atoms with Crippen molar-refractivity contribution in [2.24, 2.45) is 0 Å². The first-order valence-electron chi connectivity index (χ1n) is 6.30. The lowest BCUT2D eigenvalue weighted by Crippen LogP contribution is -2.07. The van der Waals surface area contributed by atoms with Crippen LogP contribution in [0, 0.1) is 0 Å². The molecule has 0 unspecified atom stereocenters. The van der Waals surface area contributed by atoms with Gasteiger partial charge in [0.05, 0.1) is 12.2 Å². The molecule has 3 heteroatoms. The van der Waals surface area contributed by atoms with E-state index in [1.54, 1.807) is 18.2 Å². The molecule has 3 nitrogen and oxygen atoms in total. The van der Waals surface area contributed by atoms with Gasteiger partial charge in [0.15, 0.2) is 5.78 Å². The number of Topliss-reactive ketones (excluding diaryl/α,β-unsaturated/α-hetero) is 1. The van der Waals surface area contributed by atoms with Gasteiger partial charge in [-0.1, -0.05) is 24.3 Å². The lowest BCUT2D eigenvalue weighted by atomic mass is 10.0. The van der Waals surface area contributed by atoms with E-state index in [-0.39, 0.29) is 5.78 Å². The lowest BCUT2D eigenvalue weighted by Gasteiger charge is -2.09. The topological polar surface area (TPSA) is 52.3 Å². The molecule has 0 spiro atoms. The number of carbonyl (C=O) groups excluding carboxylic acids is 1. The Hall–Kier alpha value is -2.29. The Morgan fingerprint density at radius 2 is 1.79 bits per heavy atom. The van der Waals surface area contributed by atoms with Crippen LogP contribution < -0.4 is 10.5 Å². The maximum atomic E-state index is 12.3. The van der Waals surface area contributed by atoms with Crippen LogP contribution in [0.15, 0.2) is 48.5 Å². The average Bonchev–Trinajstić information content (AvgIpc) is 2.42. The molecule has 0 fully saturated rings. The van der Waals surface area contributed by atoms with Crippen molar-refractivity contribution in [3.63, 3.8) is 0 Å². The second kappa shape index (κ2) is 6.05. The molecule has 0 aliphatic heterocycles. The van der Waals surface area contributed by atoms with Crippen LogP contribution in [-0.4, -0.2) is 12.4 Å². The molecule has 0 radical (unpaired) electrons. The molecule has 0 saturated carbocycles. The van der Waals surface area contributed by atoms with Gasteiger partial charge in [-0.2, -0.15) is 0 Å². The zero-order chi connectivity index (χ0) is 13.7. The standard InChI is InChI=1S/C16H17NO2/c1-2-19-16-6-4-3-5-14(16)15(18)11-12-7-9-13(17)10-8-12/h3-10H,2,11,17H2,1H3. The van der Waals surface area contributed by atoms with Crippen molar-refractivity contribution in [1.82, 2.24) is 0 Å². The third-order valence-electron chi connectivity index (χ3n) is 2.83. The first-order valence-corrected chi connectivity index (χ1v) is 6.30. The van der Waals surface area contributed by atoms with Crippen LogP contribution in [-0.2, 0) is 6.42 Å². The van der Waals surface area contributed by atoms with E-state index in [9.17, 15) is 4.79 Å². The number of hydrogen-bond acceptors (Lipinski definition) is 3. The molecule has 0 aliphatic rings. The summed E-state index contributed by atoms with van der Waals surface area (Å²) in [4.78, 5) is 12.3. The van der Waals surface area contributed by atoms with E-state index in [0.717, 1.165) is 5.56 Å². The van der Waals surface area contributed by atoms with E-state index in [4.69, 9.17) is 10.5 Å². The fraction of sp³-hybridized carbons (Fsp3) is 0.188. The first-order chi connectivity index (χ1) is 9.20. The highest BCUT2D eigenvalue weighted by Crippen LogP contribution is 2.20. The quantitative estimate of drug-likeness (QED) is 0.659. The van der Waals surface area contributed by atoms with E-state index in [1.807, 2.05) is 37.3 Å². The summed E-state index contributed by atoms with van der Waals surface area (Å²) in [6, 6.07) is 14.7. The second-order valence-corrected chi connectivity index (χ2v) is 4.27. The van der Waals surface area contributed by atoms with Crippen molar-refractivity contribution < 1.29 is 9.53 Å². The number of rotatable bonds is 5. The van der Waals surface area contributed by atoms with E-state index >= 15 is 0 Å². The van der Waals surface area contributed by atoms with Crippen molar-refractivity contribution in [2.45, 2.75) is 13.3 Å². The van der Waals surface area contributed by atoms with Gasteiger partial charge < -0.3 is 10.5 Å². The third-order valence-corrected chi connectivity index (χ3v) is 2.83. The normalized spacial score (nSPS) is 10.2. The van der Waals surface area contributed by atoms with Gasteiger partial charge in [0.25, 0.3) is 0 Å². The van der Waals surface area contributed by atoms with Gasteiger partial charge in [-0.25, -0.2) is 0 Å². The molecule has 2 N–H and O–H groups in total. The van der Waals surface area contributed by atoms with Crippen molar-refractivity contribution in [2.75, 3.05) is 12.3 Å². The summed E-state index contributed by atoms with van der Waals surface area (Å²) < 4.78 is 5.47. The van der Waals surface area contributed by atoms with E-state index in [2.05, 4.69) is 0 Å². The summed E-state index contributed by atoms with van der Waals surface area (Å²) in [6.07, 6.45) is 0.352. The largest absolute Gasteiger partial charge is 0.493 e. The number of para-hydroxylation sites is 1. The molecule has 0 heterocycles. The van der Waals surface area contributed by atoms with Gasteiger partial charge in [0.1, 0.15) is 5.75 Å². The molecule has 0 aliphatic carbocycles. The Balaban J connectivity index is 2.18. The van der Waals surface area contributed by atoms with Crippen LogP contribution in [0.3, 0.4) is 0 Å². The van der Waals surface area contributed by atoms with E-state index in [1.165, 1.54) is 0 Å². The van der Waals surface area contributed by atoms with Crippen LogP contribution in [0.2, 0.25) is 0 Å². The van der Waals surface area contributed by atoms with E-state index < -0.39 is 0 Å². The van der Waals surface area contributed by atoms with Gasteiger partial charge in [-0.05, 0) is 36.8 Å². The van der Waals surface area contributed by atoms with Crippen LogP contribution in [0.1, 0.15) is 22.8 Å². The molecule has 0 amide bonds. The van der Waals surface area contributed by atoms with Crippen molar-refractivity contribution in [1.29, 1.82) is 0 Å². The number of nitrogen functional groups attached to an aromatic ring is 1. The lowest BCUT2D eigenvalue weighted by molar-refractivity contribution is 0.0989. The second-order valence-electron chi connectivity index (χ2n) is 4.27.